The Hall–Kier alpha value is -4.16. The molecular formula is C60H80N2O22. The Morgan fingerprint density at radius 3 is 1.60 bits per heavy atom. The molecule has 2 aliphatic carbocycles. The molecule has 0 bridgehead atoms. The van der Waals surface area contributed by atoms with Gasteiger partial charge in [0.1, 0.15) is 72.2 Å². The summed E-state index contributed by atoms with van der Waals surface area (Å²) in [7, 11) is 7.57. The molecule has 8 fully saturated rings. The number of aromatic hydroxyl groups is 3. The van der Waals surface area contributed by atoms with Gasteiger partial charge >= 0.3 is 0 Å². The van der Waals surface area contributed by atoms with Gasteiger partial charge < -0.3 is 96.5 Å². The maximum absolute atomic E-state index is 14.6. The molecule has 8 saturated heterocycles. The third-order valence-corrected chi connectivity index (χ3v) is 19.1. The van der Waals surface area contributed by atoms with Crippen LogP contribution in [0.25, 0.3) is 0 Å². The van der Waals surface area contributed by atoms with Crippen molar-refractivity contribution in [2.45, 2.75) is 253 Å². The molecule has 8 heterocycles. The Labute approximate surface area is 487 Å². The zero-order valence-corrected chi connectivity index (χ0v) is 49.3. The molecule has 4 N–H and O–H groups in total. The molecule has 84 heavy (non-hydrogen) atoms. The van der Waals surface area contributed by atoms with Crippen LogP contribution in [-0.4, -0.2) is 222 Å². The number of rotatable bonds is 11. The van der Waals surface area contributed by atoms with Crippen molar-refractivity contribution in [3.05, 3.63) is 51.6 Å². The van der Waals surface area contributed by atoms with E-state index in [1.807, 2.05) is 65.7 Å². The number of ether oxygens (including phenoxy) is 14. The number of nitrogens with zero attached hydrogens (tertiary/aromatic N) is 2. The molecule has 8 aliphatic heterocycles. The van der Waals surface area contributed by atoms with E-state index in [-0.39, 0.29) is 78.4 Å². The second-order valence-electron chi connectivity index (χ2n) is 25.0. The average Bonchev–Trinajstić information content (AvgIpc) is 1.13. The molecule has 462 valence electrons. The smallest absolute Gasteiger partial charge is 0.202 e. The number of fused-ring (bicyclic) bond motifs is 7. The van der Waals surface area contributed by atoms with Crippen molar-refractivity contribution in [3.8, 4) is 17.2 Å². The largest absolute Gasteiger partial charge is 0.507 e. The van der Waals surface area contributed by atoms with Crippen LogP contribution in [0, 0.1) is 0 Å². The standard InChI is InChI=1S/C60H80N2O22/c1-12-60(70)22-39(78-40-16-30(61(8)9)53(25(4)71-40)81-42-20-35-56(28(7)74-42)84-59-37(77-35)18-33(64)24(3)76-59)45-48(52(69)46-47(51(45)68)50(67)44-29(49(46)66)14-13-15-32(44)63)57(60)83-41-17-31(62(10)11)54(26(5)72-41)82-43-21-36-55(27(6)73-43)79-38-19-34(65)23(2)75-58(38)80-36/h13-15,23-28,30-31,35-43,53-59,63,68-70H,12,16-22H2,1-11H3/t23-,24+,25+,26+,27+,28+,30+,31+,35+,36+,37+,38-,39+,40+,41+,42+,43+,53-,54-,55-,56-,57-,58-,59+,60-/m1/s1. The van der Waals surface area contributed by atoms with Crippen LogP contribution in [0.1, 0.15) is 155 Å². The van der Waals surface area contributed by atoms with Gasteiger partial charge in [-0.15, -0.1) is 0 Å². The summed E-state index contributed by atoms with van der Waals surface area (Å²) < 4.78 is 90.7. The minimum Gasteiger partial charge on any atom is -0.507 e. The maximum atomic E-state index is 14.6. The van der Waals surface area contributed by atoms with E-state index in [2.05, 4.69) is 0 Å². The number of hydrogen-bond donors (Lipinski definition) is 4. The third kappa shape index (κ3) is 10.6. The quantitative estimate of drug-likeness (QED) is 0.196. The number of phenolic OH excluding ortho intramolecular Hbond substituents is 3. The van der Waals surface area contributed by atoms with Crippen molar-refractivity contribution >= 4 is 23.1 Å². The maximum Gasteiger partial charge on any atom is 0.202 e. The Bertz CT molecular complexity index is 2870. The molecule has 0 radical (unpaired) electrons. The molecular weight excluding hydrogens is 1100 g/mol. The summed E-state index contributed by atoms with van der Waals surface area (Å²) >= 11 is 0. The topological polar surface area (TPSA) is 285 Å². The van der Waals surface area contributed by atoms with Crippen LogP contribution >= 0.6 is 0 Å². The monoisotopic (exact) mass is 1180 g/mol. The van der Waals surface area contributed by atoms with Gasteiger partial charge in [0.25, 0.3) is 0 Å². The van der Waals surface area contributed by atoms with Gasteiger partial charge in [0.2, 0.25) is 5.78 Å². The van der Waals surface area contributed by atoms with Crippen LogP contribution in [-0.2, 0) is 75.9 Å². The molecule has 0 saturated carbocycles. The average molecular weight is 1180 g/mol. The number of phenols is 3. The number of benzene rings is 2. The lowest BCUT2D eigenvalue weighted by Crippen LogP contribution is -2.62. The van der Waals surface area contributed by atoms with E-state index in [1.54, 1.807) is 20.8 Å². The van der Waals surface area contributed by atoms with Gasteiger partial charge in [0, 0.05) is 73.7 Å². The van der Waals surface area contributed by atoms with Gasteiger partial charge in [-0.25, -0.2) is 0 Å². The molecule has 10 aliphatic rings. The van der Waals surface area contributed by atoms with Gasteiger partial charge in [-0.1, -0.05) is 19.1 Å². The van der Waals surface area contributed by atoms with Crippen LogP contribution in [0.15, 0.2) is 18.2 Å². The SMILES string of the molecule is CC[C@@]1(O)C[C@H](O[C@H]2C[C@H](N(C)C)[C@H](O[C@H]3C[C@@H]4O[C@H]5CC(=O)[C@H](C)O[C@H]5O[C@@H]4[C@H](C)O3)[C@H](C)O2)c2c(O)c3c(c(O)c2[C@H]1O[C@H]1C[C@H](N(C)C)[C@H](O[C@H]2C[C@@H]4O[C@H]5O[C@H](C)C(=O)C[C@H]5O[C@@H]4[C@H](C)O2)[C@H](C)O1)C(=O)c1cccc(O)c1C3=O. The summed E-state index contributed by atoms with van der Waals surface area (Å²) in [5.41, 5.74) is -3.77. The second kappa shape index (κ2) is 23.1. The molecule has 25 atom stereocenters. The van der Waals surface area contributed by atoms with Crippen molar-refractivity contribution in [1.82, 2.24) is 9.80 Å². The summed E-state index contributed by atoms with van der Waals surface area (Å²) in [6, 6.07) is 3.24. The summed E-state index contributed by atoms with van der Waals surface area (Å²) in [6.45, 7) is 12.6. The van der Waals surface area contributed by atoms with Crippen molar-refractivity contribution in [1.29, 1.82) is 0 Å². The van der Waals surface area contributed by atoms with Crippen molar-refractivity contribution in [3.63, 3.8) is 0 Å². The van der Waals surface area contributed by atoms with Gasteiger partial charge in [-0.3, -0.25) is 19.2 Å². The summed E-state index contributed by atoms with van der Waals surface area (Å²) in [5, 5.41) is 49.5. The summed E-state index contributed by atoms with van der Waals surface area (Å²) in [6.07, 6.45) is -14.3. The number of carbonyl (C=O) groups excluding carboxylic acids is 4. The minimum atomic E-state index is -1.89. The summed E-state index contributed by atoms with van der Waals surface area (Å²) in [5.74, 6) is -3.76. The normalized spacial score (nSPS) is 43.9. The first-order chi connectivity index (χ1) is 39.9. The highest BCUT2D eigenvalue weighted by atomic mass is 16.8. The zero-order valence-electron chi connectivity index (χ0n) is 49.3. The van der Waals surface area contributed by atoms with E-state index in [9.17, 15) is 39.6 Å². The molecule has 0 unspecified atom stereocenters. The van der Waals surface area contributed by atoms with Crippen LogP contribution in [0.3, 0.4) is 0 Å². The minimum absolute atomic E-state index is 0.00834. The number of aliphatic hydroxyl groups is 1. The molecule has 0 amide bonds. The molecule has 24 heteroatoms. The van der Waals surface area contributed by atoms with Crippen LogP contribution in [0.5, 0.6) is 17.2 Å². The lowest BCUT2D eigenvalue weighted by Gasteiger charge is -2.51. The van der Waals surface area contributed by atoms with Gasteiger partial charge in [-0.05, 0) is 82.2 Å². The molecule has 0 spiro atoms. The predicted molar refractivity (Wildman–Crippen MR) is 288 cm³/mol. The first kappa shape index (κ1) is 60.1. The molecule has 12 rings (SSSR count). The van der Waals surface area contributed by atoms with E-state index in [4.69, 9.17) is 66.3 Å². The summed E-state index contributed by atoms with van der Waals surface area (Å²) in [4.78, 5) is 58.1. The van der Waals surface area contributed by atoms with Gasteiger partial charge in [0.15, 0.2) is 55.1 Å². The second-order valence-corrected chi connectivity index (χ2v) is 25.0. The number of Topliss-reactive ketones (excluding diaryl/α,β-unsaturated/α-hetero) is 2. The zero-order chi connectivity index (χ0) is 59.7. The van der Waals surface area contributed by atoms with E-state index in [0.717, 1.165) is 0 Å². The fraction of sp³-hybridized carbons (Fsp3) is 0.733. The molecule has 2 aromatic rings. The van der Waals surface area contributed by atoms with Gasteiger partial charge in [-0.2, -0.15) is 0 Å². The number of carbonyl (C=O) groups is 4. The lowest BCUT2D eigenvalue weighted by atomic mass is 9.70. The molecule has 0 aromatic heterocycles. The van der Waals surface area contributed by atoms with Gasteiger partial charge in [0.05, 0.1) is 65.0 Å². The van der Waals surface area contributed by atoms with Crippen molar-refractivity contribution in [2.75, 3.05) is 28.2 Å². The van der Waals surface area contributed by atoms with Crippen molar-refractivity contribution in [2.24, 2.45) is 0 Å². The number of likely N-dealkylation sites (N-methyl/N-ethyl adjacent to an activating group) is 2. The predicted octanol–water partition coefficient (Wildman–Crippen LogP) is 4.12. The highest BCUT2D eigenvalue weighted by Gasteiger charge is 2.57. The fourth-order valence-corrected chi connectivity index (χ4v) is 14.5. The molecule has 24 nitrogen and oxygen atoms in total. The van der Waals surface area contributed by atoms with Crippen molar-refractivity contribution < 1.29 is 106 Å². The lowest BCUT2D eigenvalue weighted by molar-refractivity contribution is -0.372. The third-order valence-electron chi connectivity index (χ3n) is 19.1. The highest BCUT2D eigenvalue weighted by molar-refractivity contribution is 6.31. The Morgan fingerprint density at radius 2 is 1.02 bits per heavy atom. The Morgan fingerprint density at radius 1 is 0.536 bits per heavy atom. The van der Waals surface area contributed by atoms with Crippen LogP contribution < -0.4 is 0 Å². The van der Waals surface area contributed by atoms with Crippen LogP contribution in [0.4, 0.5) is 0 Å². The fourth-order valence-electron chi connectivity index (χ4n) is 14.5. The number of ketones is 4. The van der Waals surface area contributed by atoms with E-state index >= 15 is 0 Å². The first-order valence-electron chi connectivity index (χ1n) is 29.7. The van der Waals surface area contributed by atoms with E-state index in [1.165, 1.54) is 18.2 Å². The Kier molecular flexibility index (Phi) is 16.5. The number of hydrogen-bond acceptors (Lipinski definition) is 24. The van der Waals surface area contributed by atoms with E-state index in [0.29, 0.717) is 12.8 Å². The van der Waals surface area contributed by atoms with Crippen LogP contribution in [0.2, 0.25) is 0 Å². The van der Waals surface area contributed by atoms with E-state index < -0.39 is 187 Å². The highest BCUT2D eigenvalue weighted by Crippen LogP contribution is 2.58. The molecule has 2 aromatic carbocycles. The first-order valence-corrected chi connectivity index (χ1v) is 29.7. The Balaban J connectivity index is 0.806.